The molecule has 1 aliphatic carbocycles. The van der Waals surface area contributed by atoms with E-state index < -0.39 is 0 Å². The van der Waals surface area contributed by atoms with Gasteiger partial charge in [0.2, 0.25) is 0 Å². The van der Waals surface area contributed by atoms with E-state index in [-0.39, 0.29) is 5.54 Å². The summed E-state index contributed by atoms with van der Waals surface area (Å²) >= 11 is 0. The van der Waals surface area contributed by atoms with Crippen LogP contribution in [0.4, 0.5) is 0 Å². The van der Waals surface area contributed by atoms with Gasteiger partial charge in [-0.05, 0) is 76.7 Å². The second-order valence-corrected chi connectivity index (χ2v) is 8.89. The maximum atomic E-state index is 13.3. The lowest BCUT2D eigenvalue weighted by molar-refractivity contribution is -0.132. The van der Waals surface area contributed by atoms with Crippen LogP contribution in [0, 0.1) is 5.41 Å². The molecule has 0 N–H and O–H groups in total. The molecule has 1 saturated carbocycles. The van der Waals surface area contributed by atoms with Crippen molar-refractivity contribution in [1.29, 1.82) is 0 Å². The first kappa shape index (κ1) is 19.6. The van der Waals surface area contributed by atoms with Crippen LogP contribution in [0.3, 0.4) is 0 Å². The van der Waals surface area contributed by atoms with Crippen LogP contribution in [0.25, 0.3) is 0 Å². The standard InChI is InChI=1S/C23H36N2O/c1-4-5-16-25-17-15-22(19-25)11-13-23(14-12-22,24(2)3)21(26)18-20-9-7-6-8-10-20/h6-10H,4-5,11-19H2,1-3H3. The first-order valence-electron chi connectivity index (χ1n) is 10.5. The Morgan fingerprint density at radius 2 is 1.77 bits per heavy atom. The number of nitrogens with zero attached hydrogens (tertiary/aromatic N) is 2. The maximum absolute atomic E-state index is 13.3. The van der Waals surface area contributed by atoms with Crippen LogP contribution in [-0.4, -0.2) is 54.9 Å². The Morgan fingerprint density at radius 3 is 2.38 bits per heavy atom. The molecule has 26 heavy (non-hydrogen) atoms. The number of likely N-dealkylation sites (N-methyl/N-ethyl adjacent to an activating group) is 1. The Hall–Kier alpha value is -1.19. The maximum Gasteiger partial charge on any atom is 0.157 e. The monoisotopic (exact) mass is 356 g/mol. The van der Waals surface area contributed by atoms with Crippen molar-refractivity contribution in [2.75, 3.05) is 33.7 Å². The fourth-order valence-corrected chi connectivity index (χ4v) is 5.12. The van der Waals surface area contributed by atoms with Crippen molar-refractivity contribution in [3.8, 4) is 0 Å². The molecule has 3 heteroatoms. The molecular weight excluding hydrogens is 320 g/mol. The van der Waals surface area contributed by atoms with Crippen LogP contribution in [0.5, 0.6) is 0 Å². The average Bonchev–Trinajstić information content (AvgIpc) is 3.04. The lowest BCUT2D eigenvalue weighted by Gasteiger charge is -2.47. The highest BCUT2D eigenvalue weighted by Crippen LogP contribution is 2.48. The van der Waals surface area contributed by atoms with Gasteiger partial charge in [0.1, 0.15) is 0 Å². The van der Waals surface area contributed by atoms with Gasteiger partial charge >= 0.3 is 0 Å². The van der Waals surface area contributed by atoms with Crippen LogP contribution in [-0.2, 0) is 11.2 Å². The molecule has 2 fully saturated rings. The topological polar surface area (TPSA) is 23.6 Å². The molecule has 2 aliphatic rings. The van der Waals surface area contributed by atoms with Crippen LogP contribution >= 0.6 is 0 Å². The number of Topliss-reactive ketones (excluding diaryl/α,β-unsaturated/α-hetero) is 1. The van der Waals surface area contributed by atoms with Crippen LogP contribution < -0.4 is 0 Å². The molecule has 1 aromatic rings. The van der Waals surface area contributed by atoms with Crippen molar-refractivity contribution in [3.05, 3.63) is 35.9 Å². The molecule has 0 atom stereocenters. The van der Waals surface area contributed by atoms with Gasteiger partial charge in [-0.15, -0.1) is 0 Å². The molecule has 1 spiro atoms. The second kappa shape index (κ2) is 8.22. The predicted octanol–water partition coefficient (Wildman–Crippen LogP) is 4.16. The Kier molecular flexibility index (Phi) is 6.19. The molecule has 1 aliphatic heterocycles. The summed E-state index contributed by atoms with van der Waals surface area (Å²) in [6, 6.07) is 10.2. The minimum Gasteiger partial charge on any atom is -0.303 e. The lowest BCUT2D eigenvalue weighted by atomic mass is 9.64. The smallest absolute Gasteiger partial charge is 0.157 e. The molecule has 0 radical (unpaired) electrons. The molecule has 1 saturated heterocycles. The highest BCUT2D eigenvalue weighted by molar-refractivity contribution is 5.90. The first-order valence-corrected chi connectivity index (χ1v) is 10.5. The Balaban J connectivity index is 1.65. The fourth-order valence-electron chi connectivity index (χ4n) is 5.12. The summed E-state index contributed by atoms with van der Waals surface area (Å²) < 4.78 is 0. The summed E-state index contributed by atoms with van der Waals surface area (Å²) in [5, 5.41) is 0. The first-order chi connectivity index (χ1) is 12.5. The zero-order valence-electron chi connectivity index (χ0n) is 17.0. The Labute approximate surface area is 159 Å². The Bertz CT molecular complexity index is 587. The van der Waals surface area contributed by atoms with Crippen molar-refractivity contribution in [1.82, 2.24) is 9.80 Å². The van der Waals surface area contributed by atoms with Gasteiger partial charge < -0.3 is 4.90 Å². The van der Waals surface area contributed by atoms with Gasteiger partial charge in [0.05, 0.1) is 5.54 Å². The minimum atomic E-state index is -0.266. The summed E-state index contributed by atoms with van der Waals surface area (Å²) in [5.41, 5.74) is 1.35. The molecule has 3 nitrogen and oxygen atoms in total. The number of ketones is 1. The lowest BCUT2D eigenvalue weighted by Crippen LogP contribution is -2.55. The van der Waals surface area contributed by atoms with E-state index >= 15 is 0 Å². The zero-order chi connectivity index (χ0) is 18.6. The minimum absolute atomic E-state index is 0.266. The number of carbonyl (C=O) groups is 1. The van der Waals surface area contributed by atoms with Gasteiger partial charge in [0, 0.05) is 13.0 Å². The second-order valence-electron chi connectivity index (χ2n) is 8.89. The number of carbonyl (C=O) groups excluding carboxylic acids is 1. The third-order valence-electron chi connectivity index (χ3n) is 7.07. The largest absolute Gasteiger partial charge is 0.303 e. The quantitative estimate of drug-likeness (QED) is 0.733. The van der Waals surface area contributed by atoms with Crippen LogP contribution in [0.2, 0.25) is 0 Å². The Morgan fingerprint density at radius 1 is 1.08 bits per heavy atom. The van der Waals surface area contributed by atoms with Crippen molar-refractivity contribution < 1.29 is 4.79 Å². The van der Waals surface area contributed by atoms with Gasteiger partial charge in [0.25, 0.3) is 0 Å². The van der Waals surface area contributed by atoms with Crippen molar-refractivity contribution in [2.24, 2.45) is 5.41 Å². The number of benzene rings is 1. The highest BCUT2D eigenvalue weighted by Gasteiger charge is 2.49. The predicted molar refractivity (Wildman–Crippen MR) is 108 cm³/mol. The van der Waals surface area contributed by atoms with Gasteiger partial charge in [0.15, 0.2) is 5.78 Å². The molecule has 0 amide bonds. The molecule has 1 aromatic carbocycles. The van der Waals surface area contributed by atoms with Gasteiger partial charge in [-0.3, -0.25) is 9.69 Å². The molecule has 0 aromatic heterocycles. The fraction of sp³-hybridized carbons (Fsp3) is 0.696. The van der Waals surface area contributed by atoms with Crippen LogP contribution in [0.1, 0.15) is 57.4 Å². The van der Waals surface area contributed by atoms with E-state index in [1.54, 1.807) is 0 Å². The number of likely N-dealkylation sites (tertiary alicyclic amines) is 1. The third kappa shape index (κ3) is 4.04. The number of hydrogen-bond donors (Lipinski definition) is 0. The van der Waals surface area contributed by atoms with Crippen molar-refractivity contribution in [2.45, 2.75) is 63.8 Å². The molecule has 3 rings (SSSR count). The SMILES string of the molecule is CCCCN1CCC2(CCC(C(=O)Cc3ccccc3)(N(C)C)CC2)C1. The molecule has 1 heterocycles. The summed E-state index contributed by atoms with van der Waals surface area (Å²) in [6.07, 6.45) is 8.93. The third-order valence-corrected chi connectivity index (χ3v) is 7.07. The van der Waals surface area contributed by atoms with Gasteiger partial charge in [-0.2, -0.15) is 0 Å². The number of hydrogen-bond acceptors (Lipinski definition) is 3. The molecule has 0 bridgehead atoms. The summed E-state index contributed by atoms with van der Waals surface area (Å²) in [6.45, 7) is 6.04. The van der Waals surface area contributed by atoms with Gasteiger partial charge in [-0.25, -0.2) is 0 Å². The van der Waals surface area contributed by atoms with E-state index in [1.165, 1.54) is 51.7 Å². The van der Waals surface area contributed by atoms with Crippen molar-refractivity contribution in [3.63, 3.8) is 0 Å². The van der Waals surface area contributed by atoms with Crippen LogP contribution in [0.15, 0.2) is 30.3 Å². The zero-order valence-corrected chi connectivity index (χ0v) is 17.0. The average molecular weight is 357 g/mol. The van der Waals surface area contributed by atoms with E-state index in [1.807, 2.05) is 18.2 Å². The summed E-state index contributed by atoms with van der Waals surface area (Å²) in [5.74, 6) is 0.407. The summed E-state index contributed by atoms with van der Waals surface area (Å²) in [7, 11) is 4.20. The molecule has 144 valence electrons. The number of unbranched alkanes of at least 4 members (excludes halogenated alkanes) is 1. The van der Waals surface area contributed by atoms with E-state index in [0.717, 1.165) is 18.4 Å². The highest BCUT2D eigenvalue weighted by atomic mass is 16.1. The normalized spacial score (nSPS) is 29.5. The van der Waals surface area contributed by atoms with E-state index in [2.05, 4.69) is 43.0 Å². The van der Waals surface area contributed by atoms with E-state index in [0.29, 0.717) is 17.6 Å². The number of rotatable bonds is 7. The van der Waals surface area contributed by atoms with Gasteiger partial charge in [-0.1, -0.05) is 43.7 Å². The molecular formula is C23H36N2O. The van der Waals surface area contributed by atoms with Crippen molar-refractivity contribution >= 4 is 5.78 Å². The van der Waals surface area contributed by atoms with E-state index in [9.17, 15) is 4.79 Å². The summed E-state index contributed by atoms with van der Waals surface area (Å²) in [4.78, 5) is 18.2. The van der Waals surface area contributed by atoms with E-state index in [4.69, 9.17) is 0 Å². The molecule has 0 unspecified atom stereocenters.